The maximum absolute atomic E-state index is 12.5. The third kappa shape index (κ3) is 3.69. The van der Waals surface area contributed by atoms with E-state index in [0.29, 0.717) is 5.56 Å². The summed E-state index contributed by atoms with van der Waals surface area (Å²) >= 11 is 0. The Morgan fingerprint density at radius 3 is 1.96 bits per heavy atom. The van der Waals surface area contributed by atoms with E-state index in [2.05, 4.69) is 34.6 Å². The molecule has 1 heterocycles. The van der Waals surface area contributed by atoms with E-state index in [0.717, 1.165) is 0 Å². The van der Waals surface area contributed by atoms with Crippen molar-refractivity contribution in [3.63, 3.8) is 0 Å². The number of nitrogens with one attached hydrogen (secondary N) is 1. The standard InChI is InChI=1S/C21H20N2O/c1-16(23-21(24)19-13-8-14-22-15-19)20(17-9-4-2-5-10-17)18-11-6-3-7-12-18/h2-16,20H,1H3,(H,23,24). The Morgan fingerprint density at radius 1 is 0.875 bits per heavy atom. The van der Waals surface area contributed by atoms with Crippen molar-refractivity contribution in [3.05, 3.63) is 102 Å². The first-order chi connectivity index (χ1) is 11.8. The minimum atomic E-state index is -0.104. The van der Waals surface area contributed by atoms with Gasteiger partial charge in [-0.15, -0.1) is 0 Å². The van der Waals surface area contributed by atoms with Gasteiger partial charge >= 0.3 is 0 Å². The number of rotatable bonds is 5. The van der Waals surface area contributed by atoms with Gasteiger partial charge in [-0.05, 0) is 30.2 Å². The van der Waals surface area contributed by atoms with E-state index in [9.17, 15) is 4.79 Å². The van der Waals surface area contributed by atoms with Gasteiger partial charge < -0.3 is 5.32 Å². The second kappa shape index (κ2) is 7.55. The zero-order valence-electron chi connectivity index (χ0n) is 13.6. The molecule has 2 aromatic carbocycles. The maximum Gasteiger partial charge on any atom is 0.253 e. The molecule has 120 valence electrons. The monoisotopic (exact) mass is 316 g/mol. The molecule has 0 bridgehead atoms. The van der Waals surface area contributed by atoms with Gasteiger partial charge in [-0.2, -0.15) is 0 Å². The predicted molar refractivity (Wildman–Crippen MR) is 95.9 cm³/mol. The minimum absolute atomic E-state index is 0.0532. The molecule has 1 aromatic heterocycles. The van der Waals surface area contributed by atoms with Crippen molar-refractivity contribution in [2.75, 3.05) is 0 Å². The van der Waals surface area contributed by atoms with E-state index in [1.54, 1.807) is 24.5 Å². The van der Waals surface area contributed by atoms with E-state index >= 15 is 0 Å². The molecule has 1 atom stereocenters. The third-order valence-corrected chi connectivity index (χ3v) is 4.10. The van der Waals surface area contributed by atoms with E-state index in [1.165, 1.54) is 11.1 Å². The van der Waals surface area contributed by atoms with Gasteiger partial charge in [0.25, 0.3) is 5.91 Å². The number of aromatic nitrogens is 1. The Hall–Kier alpha value is -2.94. The molecule has 0 aliphatic rings. The van der Waals surface area contributed by atoms with Gasteiger partial charge in [0.2, 0.25) is 0 Å². The number of carbonyl (C=O) groups is 1. The minimum Gasteiger partial charge on any atom is -0.349 e. The molecule has 3 heteroatoms. The van der Waals surface area contributed by atoms with Crippen LogP contribution in [-0.2, 0) is 0 Å². The van der Waals surface area contributed by atoms with Crippen LogP contribution in [0.5, 0.6) is 0 Å². The van der Waals surface area contributed by atoms with Gasteiger partial charge in [0, 0.05) is 24.4 Å². The highest BCUT2D eigenvalue weighted by atomic mass is 16.1. The average molecular weight is 316 g/mol. The van der Waals surface area contributed by atoms with Gasteiger partial charge in [0.05, 0.1) is 5.56 Å². The van der Waals surface area contributed by atoms with E-state index < -0.39 is 0 Å². The molecule has 0 aliphatic carbocycles. The summed E-state index contributed by atoms with van der Waals surface area (Å²) in [5, 5.41) is 3.11. The smallest absolute Gasteiger partial charge is 0.253 e. The summed E-state index contributed by atoms with van der Waals surface area (Å²) in [6.45, 7) is 2.04. The van der Waals surface area contributed by atoms with Crippen LogP contribution in [0.25, 0.3) is 0 Å². The van der Waals surface area contributed by atoms with E-state index in [-0.39, 0.29) is 17.9 Å². The Morgan fingerprint density at radius 2 is 1.46 bits per heavy atom. The Kier molecular flexibility index (Phi) is 5.02. The molecular formula is C21H20N2O. The van der Waals surface area contributed by atoms with Gasteiger partial charge in [-0.3, -0.25) is 9.78 Å². The number of amides is 1. The van der Waals surface area contributed by atoms with Crippen LogP contribution in [0.15, 0.2) is 85.2 Å². The van der Waals surface area contributed by atoms with E-state index in [1.807, 2.05) is 43.3 Å². The van der Waals surface area contributed by atoms with Crippen molar-refractivity contribution >= 4 is 5.91 Å². The lowest BCUT2D eigenvalue weighted by atomic mass is 9.85. The lowest BCUT2D eigenvalue weighted by Gasteiger charge is -2.26. The highest BCUT2D eigenvalue weighted by Gasteiger charge is 2.23. The van der Waals surface area contributed by atoms with Gasteiger partial charge in [-0.25, -0.2) is 0 Å². The van der Waals surface area contributed by atoms with Crippen LogP contribution in [0.4, 0.5) is 0 Å². The fourth-order valence-electron chi connectivity index (χ4n) is 2.96. The topological polar surface area (TPSA) is 42.0 Å². The Balaban J connectivity index is 1.87. The summed E-state index contributed by atoms with van der Waals surface area (Å²) in [5.74, 6) is -0.0134. The van der Waals surface area contributed by atoms with Gasteiger partial charge in [-0.1, -0.05) is 60.7 Å². The van der Waals surface area contributed by atoms with Crippen LogP contribution in [0, 0.1) is 0 Å². The number of nitrogens with zero attached hydrogens (tertiary/aromatic N) is 1. The SMILES string of the molecule is CC(NC(=O)c1cccnc1)C(c1ccccc1)c1ccccc1. The van der Waals surface area contributed by atoms with Crippen LogP contribution in [0.2, 0.25) is 0 Å². The van der Waals surface area contributed by atoms with Crippen molar-refractivity contribution in [2.24, 2.45) is 0 Å². The van der Waals surface area contributed by atoms with Crippen molar-refractivity contribution < 1.29 is 4.79 Å². The first-order valence-corrected chi connectivity index (χ1v) is 8.06. The molecule has 0 radical (unpaired) electrons. The fourth-order valence-corrected chi connectivity index (χ4v) is 2.96. The zero-order valence-corrected chi connectivity index (χ0v) is 13.6. The molecular weight excluding hydrogens is 296 g/mol. The van der Waals surface area contributed by atoms with Crippen molar-refractivity contribution in [1.29, 1.82) is 0 Å². The molecule has 1 unspecified atom stereocenters. The summed E-state index contributed by atoms with van der Waals surface area (Å²) < 4.78 is 0. The normalized spacial score (nSPS) is 11.9. The molecule has 1 N–H and O–H groups in total. The first-order valence-electron chi connectivity index (χ1n) is 8.06. The van der Waals surface area contributed by atoms with Crippen molar-refractivity contribution in [3.8, 4) is 0 Å². The van der Waals surface area contributed by atoms with Gasteiger partial charge in [0.15, 0.2) is 0 Å². The Bertz CT molecular complexity index is 733. The molecule has 1 amide bonds. The zero-order chi connectivity index (χ0) is 16.8. The highest BCUT2D eigenvalue weighted by molar-refractivity contribution is 5.94. The Labute approximate surface area is 142 Å². The molecule has 0 aliphatic heterocycles. The average Bonchev–Trinajstić information content (AvgIpc) is 2.64. The number of pyridine rings is 1. The second-order valence-electron chi connectivity index (χ2n) is 5.80. The van der Waals surface area contributed by atoms with Gasteiger partial charge in [0.1, 0.15) is 0 Å². The summed E-state index contributed by atoms with van der Waals surface area (Å²) in [7, 11) is 0. The van der Waals surface area contributed by atoms with Crippen LogP contribution in [-0.4, -0.2) is 16.9 Å². The maximum atomic E-state index is 12.5. The second-order valence-corrected chi connectivity index (χ2v) is 5.80. The molecule has 0 spiro atoms. The quantitative estimate of drug-likeness (QED) is 0.772. The van der Waals surface area contributed by atoms with Crippen LogP contribution < -0.4 is 5.32 Å². The highest BCUT2D eigenvalue weighted by Crippen LogP contribution is 2.28. The van der Waals surface area contributed by atoms with Crippen molar-refractivity contribution in [2.45, 2.75) is 18.9 Å². The summed E-state index contributed by atoms with van der Waals surface area (Å²) in [6.07, 6.45) is 3.25. The summed E-state index contributed by atoms with van der Waals surface area (Å²) in [5.41, 5.74) is 2.94. The first kappa shape index (κ1) is 15.9. The third-order valence-electron chi connectivity index (χ3n) is 4.10. The number of hydrogen-bond acceptors (Lipinski definition) is 2. The lowest BCUT2D eigenvalue weighted by molar-refractivity contribution is 0.0936. The lowest BCUT2D eigenvalue weighted by Crippen LogP contribution is -2.37. The molecule has 3 rings (SSSR count). The van der Waals surface area contributed by atoms with Crippen molar-refractivity contribution in [1.82, 2.24) is 10.3 Å². The molecule has 0 fully saturated rings. The number of benzene rings is 2. The number of carbonyl (C=O) groups excluding carboxylic acids is 1. The largest absolute Gasteiger partial charge is 0.349 e. The van der Waals surface area contributed by atoms with Crippen LogP contribution in [0.1, 0.15) is 34.3 Å². The molecule has 3 nitrogen and oxygen atoms in total. The molecule has 3 aromatic rings. The molecule has 0 saturated carbocycles. The summed E-state index contributed by atoms with van der Waals surface area (Å²) in [6, 6.07) is 24.0. The predicted octanol–water partition coefficient (Wildman–Crippen LogP) is 4.03. The summed E-state index contributed by atoms with van der Waals surface area (Å²) in [4.78, 5) is 16.5. The molecule has 24 heavy (non-hydrogen) atoms. The van der Waals surface area contributed by atoms with E-state index in [4.69, 9.17) is 0 Å². The fraction of sp³-hybridized carbons (Fsp3) is 0.143. The number of hydrogen-bond donors (Lipinski definition) is 1. The van der Waals surface area contributed by atoms with Crippen LogP contribution >= 0.6 is 0 Å². The molecule has 0 saturated heterocycles. The van der Waals surface area contributed by atoms with Crippen LogP contribution in [0.3, 0.4) is 0 Å².